The number of amides is 1. The summed E-state index contributed by atoms with van der Waals surface area (Å²) in [5.74, 6) is 0.334. The molecule has 11 heteroatoms. The highest BCUT2D eigenvalue weighted by atomic mass is 35.5. The molecule has 0 radical (unpaired) electrons. The number of alkyl halides is 3. The van der Waals surface area contributed by atoms with Crippen molar-refractivity contribution in [3.05, 3.63) is 40.1 Å². The van der Waals surface area contributed by atoms with E-state index in [2.05, 4.69) is 20.3 Å². The predicted octanol–water partition coefficient (Wildman–Crippen LogP) is 4.59. The number of aromatic nitrogens is 3. The molecule has 6 nitrogen and oxygen atoms in total. The van der Waals surface area contributed by atoms with Crippen molar-refractivity contribution in [2.75, 3.05) is 6.61 Å². The van der Waals surface area contributed by atoms with Crippen LogP contribution in [-0.2, 0) is 4.79 Å². The third kappa shape index (κ3) is 4.64. The molecule has 0 aromatic carbocycles. The van der Waals surface area contributed by atoms with Crippen LogP contribution >= 0.6 is 22.9 Å². The third-order valence-corrected chi connectivity index (χ3v) is 5.95. The van der Waals surface area contributed by atoms with E-state index in [1.807, 2.05) is 0 Å². The second kappa shape index (κ2) is 7.49. The van der Waals surface area contributed by atoms with Crippen LogP contribution in [0.2, 0.25) is 5.02 Å². The largest absolute Gasteiger partial charge is 0.475 e. The lowest BCUT2D eigenvalue weighted by molar-refractivity contribution is -0.152. The molecule has 0 saturated heterocycles. The maximum Gasteiger partial charge on any atom is 0.422 e. The molecular weight excluding hydrogens is 429 g/mol. The molecule has 0 aliphatic heterocycles. The highest BCUT2D eigenvalue weighted by Gasteiger charge is 2.46. The fourth-order valence-electron chi connectivity index (χ4n) is 3.04. The smallest absolute Gasteiger partial charge is 0.422 e. The first-order chi connectivity index (χ1) is 13.7. The summed E-state index contributed by atoms with van der Waals surface area (Å²) < 4.78 is 41.5. The van der Waals surface area contributed by atoms with Crippen LogP contribution in [0, 0.1) is 5.92 Å². The van der Waals surface area contributed by atoms with Crippen molar-refractivity contribution in [2.24, 2.45) is 5.92 Å². The number of imidazole rings is 1. The monoisotopic (exact) mass is 444 g/mol. The first-order valence-electron chi connectivity index (χ1n) is 8.80. The van der Waals surface area contributed by atoms with E-state index in [9.17, 15) is 18.0 Å². The number of ether oxygens (including phenoxy) is 1. The molecule has 1 unspecified atom stereocenters. The lowest BCUT2D eigenvalue weighted by Crippen LogP contribution is -2.28. The van der Waals surface area contributed by atoms with E-state index >= 15 is 0 Å². The van der Waals surface area contributed by atoms with Gasteiger partial charge in [-0.25, -0.2) is 9.97 Å². The van der Waals surface area contributed by atoms with Crippen LogP contribution in [0.15, 0.2) is 24.4 Å². The summed E-state index contributed by atoms with van der Waals surface area (Å²) in [6.07, 6.45) is -2.20. The fraction of sp³-hybridized carbons (Fsp3) is 0.389. The van der Waals surface area contributed by atoms with Crippen LogP contribution in [-0.4, -0.2) is 33.6 Å². The van der Waals surface area contributed by atoms with Gasteiger partial charge in [-0.3, -0.25) is 4.79 Å². The minimum absolute atomic E-state index is 0.0239. The van der Waals surface area contributed by atoms with Crippen molar-refractivity contribution in [3.63, 3.8) is 0 Å². The minimum Gasteiger partial charge on any atom is -0.475 e. The molecule has 154 valence electrons. The molecule has 3 atom stereocenters. The topological polar surface area (TPSA) is 79.9 Å². The number of hydrogen-bond acceptors (Lipinski definition) is 5. The maximum atomic E-state index is 12.5. The second-order valence-corrected chi connectivity index (χ2v) is 8.40. The van der Waals surface area contributed by atoms with Gasteiger partial charge in [0.2, 0.25) is 5.91 Å². The Kier molecular flexibility index (Phi) is 5.16. The highest BCUT2D eigenvalue weighted by Crippen LogP contribution is 2.47. The van der Waals surface area contributed by atoms with Gasteiger partial charge in [-0.1, -0.05) is 11.6 Å². The molecule has 1 fully saturated rings. The number of pyridine rings is 1. The number of aromatic amines is 1. The van der Waals surface area contributed by atoms with Crippen molar-refractivity contribution < 1.29 is 22.7 Å². The van der Waals surface area contributed by atoms with Gasteiger partial charge in [0.1, 0.15) is 11.3 Å². The Morgan fingerprint density at radius 1 is 1.48 bits per heavy atom. The Labute approximate surface area is 172 Å². The van der Waals surface area contributed by atoms with Crippen LogP contribution < -0.4 is 10.1 Å². The SMILES string of the molecule is CC(NC(=O)[C@H]1C[C@@H]1c1nc2cc(Cl)cnc2[nH]1)c1ccc(OCC(F)(F)F)s1. The van der Waals surface area contributed by atoms with Crippen LogP contribution in [0.4, 0.5) is 13.2 Å². The number of carbonyl (C=O) groups excluding carboxylic acids is 1. The summed E-state index contributed by atoms with van der Waals surface area (Å²) in [6.45, 7) is 0.441. The molecule has 4 rings (SSSR count). The molecule has 1 aliphatic carbocycles. The van der Waals surface area contributed by atoms with Crippen LogP contribution in [0.3, 0.4) is 0 Å². The number of H-pyrrole nitrogens is 1. The summed E-state index contributed by atoms with van der Waals surface area (Å²) in [6, 6.07) is 4.49. The van der Waals surface area contributed by atoms with Gasteiger partial charge in [0.25, 0.3) is 0 Å². The minimum atomic E-state index is -4.39. The van der Waals surface area contributed by atoms with E-state index in [1.165, 1.54) is 12.3 Å². The number of thiophene rings is 1. The van der Waals surface area contributed by atoms with Gasteiger partial charge < -0.3 is 15.0 Å². The summed E-state index contributed by atoms with van der Waals surface area (Å²) in [5.41, 5.74) is 1.27. The Hall–Kier alpha value is -2.33. The van der Waals surface area contributed by atoms with E-state index in [0.29, 0.717) is 28.4 Å². The lowest BCUT2D eigenvalue weighted by atomic mass is 10.2. The first-order valence-corrected chi connectivity index (χ1v) is 10.00. The first kappa shape index (κ1) is 20.0. The van der Waals surface area contributed by atoms with E-state index in [-0.39, 0.29) is 28.8 Å². The second-order valence-electron chi connectivity index (χ2n) is 6.88. The van der Waals surface area contributed by atoms with E-state index in [1.54, 1.807) is 19.1 Å². The molecule has 3 heterocycles. The van der Waals surface area contributed by atoms with Gasteiger partial charge >= 0.3 is 6.18 Å². The lowest BCUT2D eigenvalue weighted by Gasteiger charge is -2.12. The zero-order valence-corrected chi connectivity index (χ0v) is 16.7. The number of halogens is 4. The molecule has 1 aliphatic rings. The van der Waals surface area contributed by atoms with Gasteiger partial charge in [-0.05, 0) is 31.5 Å². The quantitative estimate of drug-likeness (QED) is 0.582. The number of nitrogens with zero attached hydrogens (tertiary/aromatic N) is 2. The van der Waals surface area contributed by atoms with Crippen molar-refractivity contribution in [3.8, 4) is 5.06 Å². The third-order valence-electron chi connectivity index (χ3n) is 4.57. The van der Waals surface area contributed by atoms with Crippen molar-refractivity contribution in [1.82, 2.24) is 20.3 Å². The zero-order chi connectivity index (χ0) is 20.8. The molecule has 1 amide bonds. The van der Waals surface area contributed by atoms with Gasteiger partial charge in [0.15, 0.2) is 17.3 Å². The van der Waals surface area contributed by atoms with Gasteiger partial charge in [0, 0.05) is 22.9 Å². The molecule has 1 saturated carbocycles. The van der Waals surface area contributed by atoms with E-state index < -0.39 is 12.8 Å². The molecule has 0 bridgehead atoms. The molecule has 3 aromatic heterocycles. The summed E-state index contributed by atoms with van der Waals surface area (Å²) in [7, 11) is 0. The van der Waals surface area contributed by atoms with Crippen LogP contribution in [0.1, 0.15) is 36.0 Å². The number of nitrogens with one attached hydrogen (secondary N) is 2. The fourth-order valence-corrected chi connectivity index (χ4v) is 4.05. The predicted molar refractivity (Wildman–Crippen MR) is 102 cm³/mol. The molecular formula is C18H16ClF3N4O2S. The summed E-state index contributed by atoms with van der Waals surface area (Å²) in [5, 5.41) is 3.55. The summed E-state index contributed by atoms with van der Waals surface area (Å²) >= 11 is 7.00. The number of rotatable bonds is 6. The average Bonchev–Trinajstić information content (AvgIpc) is 3.11. The normalized spacial score (nSPS) is 19.9. The Bertz CT molecular complexity index is 1050. The van der Waals surface area contributed by atoms with Crippen molar-refractivity contribution >= 4 is 40.0 Å². The van der Waals surface area contributed by atoms with E-state index in [0.717, 1.165) is 16.2 Å². The molecule has 29 heavy (non-hydrogen) atoms. The van der Waals surface area contributed by atoms with Gasteiger partial charge in [-0.2, -0.15) is 13.2 Å². The standard InChI is InChI=1S/C18H16ClF3N4O2S/c1-8(13-2-3-14(29-13)28-7-18(20,21)22)24-17(27)11-5-10(11)15-25-12-4-9(19)6-23-16(12)26-15/h2-4,6,8,10-11H,5,7H2,1H3,(H,24,27)(H,23,25,26)/t8?,10-,11-/m0/s1. The molecule has 2 N–H and O–H groups in total. The zero-order valence-electron chi connectivity index (χ0n) is 15.1. The Morgan fingerprint density at radius 3 is 3.03 bits per heavy atom. The number of fused-ring (bicyclic) bond motifs is 1. The summed E-state index contributed by atoms with van der Waals surface area (Å²) in [4.78, 5) is 25.0. The molecule has 3 aromatic rings. The maximum absolute atomic E-state index is 12.5. The van der Waals surface area contributed by atoms with Crippen LogP contribution in [0.25, 0.3) is 11.2 Å². The number of carbonyl (C=O) groups is 1. The van der Waals surface area contributed by atoms with Crippen LogP contribution in [0.5, 0.6) is 5.06 Å². The highest BCUT2D eigenvalue weighted by molar-refractivity contribution is 7.13. The van der Waals surface area contributed by atoms with Crippen molar-refractivity contribution in [2.45, 2.75) is 31.5 Å². The van der Waals surface area contributed by atoms with E-state index in [4.69, 9.17) is 16.3 Å². The Balaban J connectivity index is 1.34. The van der Waals surface area contributed by atoms with Gasteiger partial charge in [0.05, 0.1) is 11.1 Å². The number of hydrogen-bond donors (Lipinski definition) is 2. The Morgan fingerprint density at radius 2 is 2.28 bits per heavy atom. The van der Waals surface area contributed by atoms with Gasteiger partial charge in [-0.15, -0.1) is 11.3 Å². The average molecular weight is 445 g/mol. The molecule has 0 spiro atoms. The van der Waals surface area contributed by atoms with Crippen molar-refractivity contribution in [1.29, 1.82) is 0 Å².